The number of nitrogens with zero attached hydrogens (tertiary/aromatic N) is 2. The summed E-state index contributed by atoms with van der Waals surface area (Å²) in [4.78, 5) is 39.0. The number of anilines is 1. The number of hydrogen-bond acceptors (Lipinski definition) is 6. The molecular formula is C8H10N3O7PS. The number of nitro benzene ring substituents is 2. The lowest BCUT2D eigenvalue weighted by Gasteiger charge is -2.06. The van der Waals surface area contributed by atoms with Crippen LogP contribution in [-0.4, -0.2) is 31.6 Å². The molecule has 1 aromatic carbocycles. The highest BCUT2D eigenvalue weighted by Crippen LogP contribution is 2.28. The van der Waals surface area contributed by atoms with E-state index in [4.69, 9.17) is 9.45 Å². The third-order valence-electron chi connectivity index (χ3n) is 2.17. The summed E-state index contributed by atoms with van der Waals surface area (Å²) >= 11 is 0. The zero-order valence-corrected chi connectivity index (χ0v) is 11.5. The summed E-state index contributed by atoms with van der Waals surface area (Å²) in [5.74, 6) is -0.0696. The Hall–Kier alpha value is -1.65. The molecule has 0 bridgehead atoms. The van der Waals surface area contributed by atoms with E-state index >= 15 is 0 Å². The Morgan fingerprint density at radius 3 is 2.45 bits per heavy atom. The van der Waals surface area contributed by atoms with Gasteiger partial charge in [0, 0.05) is 12.6 Å². The molecule has 10 nitrogen and oxygen atoms in total. The van der Waals surface area contributed by atoms with Crippen LogP contribution >= 0.6 is 7.15 Å². The van der Waals surface area contributed by atoms with Crippen molar-refractivity contribution in [1.82, 2.24) is 0 Å². The van der Waals surface area contributed by atoms with Crippen molar-refractivity contribution in [1.29, 1.82) is 0 Å². The molecule has 0 radical (unpaired) electrons. The van der Waals surface area contributed by atoms with Gasteiger partial charge in [0.25, 0.3) is 18.5 Å². The van der Waals surface area contributed by atoms with Gasteiger partial charge in [-0.25, -0.2) is 0 Å². The number of nitrogens with one attached hydrogen (secondary N) is 1. The standard InChI is InChI=1S/C8H10N3O7PS/c12-10(13)6-1-2-7(8(5-6)11(14)15)9-3-4-20(18)19(16)17/h1-2,5,9,18H,3-4H2,(H,16,17). The molecule has 0 aromatic heterocycles. The van der Waals surface area contributed by atoms with Crippen molar-refractivity contribution in [3.63, 3.8) is 0 Å². The molecule has 2 atom stereocenters. The van der Waals surface area contributed by atoms with Gasteiger partial charge in [-0.1, -0.05) is 0 Å². The molecule has 0 amide bonds. The van der Waals surface area contributed by atoms with Gasteiger partial charge in [-0.2, -0.15) is 4.89 Å². The summed E-state index contributed by atoms with van der Waals surface area (Å²) in [5.41, 5.74) is -0.862. The Morgan fingerprint density at radius 1 is 1.30 bits per heavy atom. The third kappa shape index (κ3) is 4.47. The van der Waals surface area contributed by atoms with Gasteiger partial charge in [0.15, 0.2) is 0 Å². The van der Waals surface area contributed by atoms with Gasteiger partial charge in [0.05, 0.1) is 21.7 Å². The van der Waals surface area contributed by atoms with Crippen LogP contribution in [0.5, 0.6) is 0 Å². The SMILES string of the molecule is O=[N+]([O-])c1ccc(NCC/S(O)=[P+](/[O-])O)c([N+](=O)[O-])c1. The van der Waals surface area contributed by atoms with Crippen molar-refractivity contribution in [2.24, 2.45) is 0 Å². The van der Waals surface area contributed by atoms with Crippen molar-refractivity contribution >= 4 is 34.6 Å². The van der Waals surface area contributed by atoms with Gasteiger partial charge < -0.3 is 14.8 Å². The Balaban J connectivity index is 2.87. The minimum Gasteiger partial charge on any atom is -0.596 e. The van der Waals surface area contributed by atoms with E-state index in [9.17, 15) is 25.1 Å². The second-order valence-electron chi connectivity index (χ2n) is 3.42. The smallest absolute Gasteiger partial charge is 0.299 e. The number of hydrogen-bond donors (Lipinski definition) is 3. The predicted molar refractivity (Wildman–Crippen MR) is 72.2 cm³/mol. The fraction of sp³-hybridized carbons (Fsp3) is 0.250. The van der Waals surface area contributed by atoms with Crippen LogP contribution in [-0.2, 0) is 10.4 Å². The number of benzene rings is 1. The second-order valence-corrected chi connectivity index (χ2v) is 7.19. The molecule has 12 heteroatoms. The molecule has 3 N–H and O–H groups in total. The quantitative estimate of drug-likeness (QED) is 0.389. The van der Waals surface area contributed by atoms with Crippen LogP contribution in [0.2, 0.25) is 0 Å². The zero-order chi connectivity index (χ0) is 15.3. The summed E-state index contributed by atoms with van der Waals surface area (Å²) in [7, 11) is -4.41. The van der Waals surface area contributed by atoms with Crippen molar-refractivity contribution in [3.8, 4) is 0 Å². The number of nitro groups is 2. The first-order valence-electron chi connectivity index (χ1n) is 5.06. The van der Waals surface area contributed by atoms with E-state index in [1.54, 1.807) is 0 Å². The van der Waals surface area contributed by atoms with Gasteiger partial charge in [-0.15, -0.1) is 0 Å². The van der Waals surface area contributed by atoms with E-state index in [1.165, 1.54) is 6.07 Å². The maximum absolute atomic E-state index is 10.8. The third-order valence-corrected chi connectivity index (χ3v) is 4.73. The fourth-order valence-electron chi connectivity index (χ4n) is 1.29. The lowest BCUT2D eigenvalue weighted by atomic mass is 10.2. The number of non-ortho nitro benzene ring substituents is 1. The van der Waals surface area contributed by atoms with E-state index in [0.29, 0.717) is 0 Å². The Morgan fingerprint density at radius 2 is 1.95 bits per heavy atom. The minimum atomic E-state index is -2.71. The second kappa shape index (κ2) is 7.22. The molecule has 0 fully saturated rings. The van der Waals surface area contributed by atoms with E-state index in [2.05, 4.69) is 5.32 Å². The Labute approximate surface area is 115 Å². The first kappa shape index (κ1) is 16.4. The first-order chi connectivity index (χ1) is 9.32. The molecule has 0 aliphatic heterocycles. The molecule has 20 heavy (non-hydrogen) atoms. The normalized spacial score (nSPS) is 12.7. The van der Waals surface area contributed by atoms with E-state index < -0.39 is 38.7 Å². The van der Waals surface area contributed by atoms with Crippen molar-refractivity contribution in [3.05, 3.63) is 38.4 Å². The van der Waals surface area contributed by atoms with Crippen LogP contribution in [0.1, 0.15) is 0 Å². The highest BCUT2D eigenvalue weighted by atomic mass is 32.5. The van der Waals surface area contributed by atoms with Crippen molar-refractivity contribution in [2.75, 3.05) is 17.6 Å². The molecule has 1 aromatic rings. The average molecular weight is 323 g/mol. The minimum absolute atomic E-state index is 0.0138. The maximum atomic E-state index is 10.8. The van der Waals surface area contributed by atoms with Crippen LogP contribution < -0.4 is 10.2 Å². The Kier molecular flexibility index (Phi) is 5.92. The van der Waals surface area contributed by atoms with Crippen LogP contribution in [0.4, 0.5) is 17.1 Å². The van der Waals surface area contributed by atoms with E-state index in [0.717, 1.165) is 12.1 Å². The van der Waals surface area contributed by atoms with Gasteiger partial charge in [-0.3, -0.25) is 20.2 Å². The molecule has 0 aliphatic rings. The molecule has 0 aliphatic carbocycles. The highest BCUT2D eigenvalue weighted by molar-refractivity contribution is 8.19. The molecular weight excluding hydrogens is 313 g/mol. The highest BCUT2D eigenvalue weighted by Gasteiger charge is 2.19. The number of rotatable bonds is 6. The lowest BCUT2D eigenvalue weighted by molar-refractivity contribution is -0.393. The lowest BCUT2D eigenvalue weighted by Crippen LogP contribution is -2.12. The van der Waals surface area contributed by atoms with E-state index in [-0.39, 0.29) is 18.0 Å². The molecule has 2 unspecified atom stereocenters. The molecule has 1 rings (SSSR count). The average Bonchev–Trinajstić information content (AvgIpc) is 2.38. The molecule has 110 valence electrons. The summed E-state index contributed by atoms with van der Waals surface area (Å²) in [5, 5.41) is 23.9. The van der Waals surface area contributed by atoms with Gasteiger partial charge in [0.1, 0.15) is 16.0 Å². The van der Waals surface area contributed by atoms with Crippen molar-refractivity contribution in [2.45, 2.75) is 0 Å². The Bertz CT molecular complexity index is 575. The maximum Gasteiger partial charge on any atom is 0.299 e. The topological polar surface area (TPSA) is 162 Å². The van der Waals surface area contributed by atoms with Crippen LogP contribution in [0.15, 0.2) is 18.2 Å². The first-order valence-corrected chi connectivity index (χ1v) is 8.22. The van der Waals surface area contributed by atoms with Gasteiger partial charge >= 0.3 is 0 Å². The molecule has 0 spiro atoms. The summed E-state index contributed by atoms with van der Waals surface area (Å²) in [6.07, 6.45) is 0. The molecule has 0 saturated carbocycles. The monoisotopic (exact) mass is 323 g/mol. The predicted octanol–water partition coefficient (Wildman–Crippen LogP) is 0.586. The van der Waals surface area contributed by atoms with Gasteiger partial charge in [0.2, 0.25) is 0 Å². The molecule has 0 heterocycles. The summed E-state index contributed by atoms with van der Waals surface area (Å²) in [6.45, 7) is 0.0138. The van der Waals surface area contributed by atoms with Gasteiger partial charge in [-0.05, 0) is 6.07 Å². The van der Waals surface area contributed by atoms with E-state index in [1.807, 2.05) is 0 Å². The van der Waals surface area contributed by atoms with Crippen LogP contribution in [0.3, 0.4) is 0 Å². The van der Waals surface area contributed by atoms with Crippen molar-refractivity contribution < 1.29 is 24.2 Å². The summed E-state index contributed by atoms with van der Waals surface area (Å²) in [6, 6.07) is 3.08. The van der Waals surface area contributed by atoms with Crippen LogP contribution in [0.25, 0.3) is 0 Å². The molecule has 0 saturated heterocycles. The fourth-order valence-corrected chi connectivity index (χ4v) is 2.47. The van der Waals surface area contributed by atoms with Crippen LogP contribution in [0, 0.1) is 20.2 Å². The zero-order valence-electron chi connectivity index (χ0n) is 9.83. The summed E-state index contributed by atoms with van der Waals surface area (Å²) < 4.78 is 9.13. The largest absolute Gasteiger partial charge is 0.596 e.